The summed E-state index contributed by atoms with van der Waals surface area (Å²) < 4.78 is 13.8. The third-order valence-electron chi connectivity index (χ3n) is 4.79. The van der Waals surface area contributed by atoms with E-state index in [9.17, 15) is 14.0 Å². The van der Waals surface area contributed by atoms with Crippen molar-refractivity contribution in [3.05, 3.63) is 69.5 Å². The molecular formula is C23H27Cl2FN2O2S. The van der Waals surface area contributed by atoms with Crippen molar-refractivity contribution in [3.8, 4) is 0 Å². The van der Waals surface area contributed by atoms with Crippen LogP contribution in [0.4, 0.5) is 4.39 Å². The molecule has 0 aromatic heterocycles. The Hall–Kier alpha value is -1.76. The van der Waals surface area contributed by atoms with Crippen LogP contribution in [0.1, 0.15) is 37.8 Å². The first-order chi connectivity index (χ1) is 14.8. The molecule has 2 aromatic rings. The molecule has 0 saturated heterocycles. The summed E-state index contributed by atoms with van der Waals surface area (Å²) in [6.45, 7) is 4.48. The fraction of sp³-hybridized carbons (Fsp3) is 0.391. The van der Waals surface area contributed by atoms with Gasteiger partial charge in [-0.1, -0.05) is 60.8 Å². The molecule has 0 saturated carbocycles. The maximum Gasteiger partial charge on any atom is 0.242 e. The summed E-state index contributed by atoms with van der Waals surface area (Å²) in [4.78, 5) is 27.2. The molecule has 2 rings (SSSR count). The molecule has 0 fully saturated rings. The predicted molar refractivity (Wildman–Crippen MR) is 127 cm³/mol. The number of carbonyl (C=O) groups excluding carboxylic acids is 2. The summed E-state index contributed by atoms with van der Waals surface area (Å²) >= 11 is 13.6. The standard InChI is InChI=1S/C23H27Cl2FN2O2S/c1-3-4-11-27-23(30)16(2)28(13-17-9-10-19(24)12-20(17)25)22(29)15-31-14-18-7-5-6-8-21(18)26/h5-10,12,16H,3-4,11,13-15H2,1-2H3,(H,27,30)/t16-/m1/s1. The van der Waals surface area contributed by atoms with Crippen molar-refractivity contribution in [2.75, 3.05) is 12.3 Å². The fourth-order valence-electron chi connectivity index (χ4n) is 2.90. The second-order valence-corrected chi connectivity index (χ2v) is 8.99. The van der Waals surface area contributed by atoms with Crippen molar-refractivity contribution in [3.63, 3.8) is 0 Å². The van der Waals surface area contributed by atoms with Gasteiger partial charge in [0.25, 0.3) is 0 Å². The average Bonchev–Trinajstić information content (AvgIpc) is 2.74. The average molecular weight is 485 g/mol. The number of halogens is 3. The number of unbranched alkanes of at least 4 members (excludes halogenated alkanes) is 1. The van der Waals surface area contributed by atoms with E-state index in [1.807, 2.05) is 6.92 Å². The molecule has 0 aliphatic rings. The van der Waals surface area contributed by atoms with Crippen LogP contribution in [0, 0.1) is 5.82 Å². The van der Waals surface area contributed by atoms with Crippen LogP contribution in [-0.2, 0) is 21.9 Å². The molecule has 4 nitrogen and oxygen atoms in total. The van der Waals surface area contributed by atoms with Gasteiger partial charge in [0.15, 0.2) is 0 Å². The third-order valence-corrected chi connectivity index (χ3v) is 6.35. The number of rotatable bonds is 11. The first-order valence-corrected chi connectivity index (χ1v) is 12.1. The van der Waals surface area contributed by atoms with Gasteiger partial charge in [-0.2, -0.15) is 0 Å². The van der Waals surface area contributed by atoms with E-state index < -0.39 is 6.04 Å². The summed E-state index contributed by atoms with van der Waals surface area (Å²) in [6.07, 6.45) is 1.83. The molecule has 0 spiro atoms. The van der Waals surface area contributed by atoms with Gasteiger partial charge >= 0.3 is 0 Å². The summed E-state index contributed by atoms with van der Waals surface area (Å²) in [7, 11) is 0. The second-order valence-electron chi connectivity index (χ2n) is 7.16. The SMILES string of the molecule is CCCCNC(=O)[C@@H](C)N(Cc1ccc(Cl)cc1Cl)C(=O)CSCc1ccccc1F. The summed E-state index contributed by atoms with van der Waals surface area (Å²) in [6, 6.07) is 10.9. The molecule has 8 heteroatoms. The Kier molecular flexibility index (Phi) is 10.6. The van der Waals surface area contributed by atoms with Gasteiger partial charge in [0.05, 0.1) is 5.75 Å². The van der Waals surface area contributed by atoms with Gasteiger partial charge in [-0.3, -0.25) is 9.59 Å². The van der Waals surface area contributed by atoms with E-state index in [4.69, 9.17) is 23.2 Å². The van der Waals surface area contributed by atoms with Gasteiger partial charge in [0.1, 0.15) is 11.9 Å². The monoisotopic (exact) mass is 484 g/mol. The number of hydrogen-bond acceptors (Lipinski definition) is 3. The highest BCUT2D eigenvalue weighted by atomic mass is 35.5. The molecular weight excluding hydrogens is 458 g/mol. The van der Waals surface area contributed by atoms with E-state index in [0.29, 0.717) is 33.5 Å². The van der Waals surface area contributed by atoms with Crippen molar-refractivity contribution in [2.45, 2.75) is 45.0 Å². The zero-order valence-corrected chi connectivity index (χ0v) is 20.0. The van der Waals surface area contributed by atoms with Crippen molar-refractivity contribution >= 4 is 46.8 Å². The van der Waals surface area contributed by atoms with Crippen LogP contribution < -0.4 is 5.32 Å². The molecule has 2 amide bonds. The number of hydrogen-bond donors (Lipinski definition) is 1. The number of carbonyl (C=O) groups is 2. The van der Waals surface area contributed by atoms with Gasteiger partial charge in [-0.15, -0.1) is 11.8 Å². The van der Waals surface area contributed by atoms with E-state index in [0.717, 1.165) is 12.8 Å². The van der Waals surface area contributed by atoms with Crippen LogP contribution >= 0.6 is 35.0 Å². The second kappa shape index (κ2) is 12.9. The lowest BCUT2D eigenvalue weighted by Gasteiger charge is -2.29. The number of thioether (sulfide) groups is 1. The molecule has 168 valence electrons. The fourth-order valence-corrected chi connectivity index (χ4v) is 4.26. The highest BCUT2D eigenvalue weighted by Gasteiger charge is 2.26. The van der Waals surface area contributed by atoms with Gasteiger partial charge in [0, 0.05) is 28.9 Å². The Labute approximate surface area is 197 Å². The number of nitrogens with one attached hydrogen (secondary N) is 1. The molecule has 0 bridgehead atoms. The molecule has 0 radical (unpaired) electrons. The van der Waals surface area contributed by atoms with E-state index in [1.165, 1.54) is 22.7 Å². The largest absolute Gasteiger partial charge is 0.354 e. The van der Waals surface area contributed by atoms with Crippen LogP contribution in [0.25, 0.3) is 0 Å². The van der Waals surface area contributed by atoms with Gasteiger partial charge < -0.3 is 10.2 Å². The van der Waals surface area contributed by atoms with Crippen LogP contribution in [0.2, 0.25) is 10.0 Å². The van der Waals surface area contributed by atoms with Crippen LogP contribution in [0.15, 0.2) is 42.5 Å². The number of amides is 2. The molecule has 2 aromatic carbocycles. The Morgan fingerprint density at radius 1 is 1.16 bits per heavy atom. The van der Waals surface area contributed by atoms with Crippen molar-refractivity contribution in [1.29, 1.82) is 0 Å². The zero-order valence-electron chi connectivity index (χ0n) is 17.7. The Balaban J connectivity index is 2.10. The molecule has 0 unspecified atom stereocenters. The van der Waals surface area contributed by atoms with Crippen LogP contribution in [-0.4, -0.2) is 35.1 Å². The lowest BCUT2D eigenvalue weighted by molar-refractivity contribution is -0.138. The van der Waals surface area contributed by atoms with Crippen LogP contribution in [0.5, 0.6) is 0 Å². The van der Waals surface area contributed by atoms with Crippen LogP contribution in [0.3, 0.4) is 0 Å². The normalized spacial score (nSPS) is 11.8. The molecule has 0 heterocycles. The molecule has 1 N–H and O–H groups in total. The Morgan fingerprint density at radius 2 is 1.90 bits per heavy atom. The van der Waals surface area contributed by atoms with E-state index >= 15 is 0 Å². The van der Waals surface area contributed by atoms with Crippen molar-refractivity contribution < 1.29 is 14.0 Å². The first kappa shape index (κ1) is 25.5. The molecule has 0 aliphatic heterocycles. The minimum absolute atomic E-state index is 0.117. The third kappa shape index (κ3) is 8.02. The minimum Gasteiger partial charge on any atom is -0.354 e. The zero-order chi connectivity index (χ0) is 22.8. The van der Waals surface area contributed by atoms with Gasteiger partial charge in [-0.05, 0) is 42.7 Å². The Morgan fingerprint density at radius 3 is 2.58 bits per heavy atom. The maximum absolute atomic E-state index is 13.8. The first-order valence-electron chi connectivity index (χ1n) is 10.2. The lowest BCUT2D eigenvalue weighted by Crippen LogP contribution is -2.48. The number of nitrogens with zero attached hydrogens (tertiary/aromatic N) is 1. The molecule has 0 aliphatic carbocycles. The Bertz CT molecular complexity index is 898. The highest BCUT2D eigenvalue weighted by Crippen LogP contribution is 2.24. The summed E-state index contributed by atoms with van der Waals surface area (Å²) in [5.74, 6) is -0.246. The smallest absolute Gasteiger partial charge is 0.242 e. The van der Waals surface area contributed by atoms with Gasteiger partial charge in [-0.25, -0.2) is 4.39 Å². The molecule has 1 atom stereocenters. The minimum atomic E-state index is -0.676. The van der Waals surface area contributed by atoms with Crippen molar-refractivity contribution in [2.24, 2.45) is 0 Å². The lowest BCUT2D eigenvalue weighted by atomic mass is 10.1. The number of benzene rings is 2. The highest BCUT2D eigenvalue weighted by molar-refractivity contribution is 7.99. The summed E-state index contributed by atoms with van der Waals surface area (Å²) in [5, 5.41) is 3.81. The summed E-state index contributed by atoms with van der Waals surface area (Å²) in [5.41, 5.74) is 1.24. The van der Waals surface area contributed by atoms with E-state index in [-0.39, 0.29) is 29.9 Å². The predicted octanol–water partition coefficient (Wildman–Crippen LogP) is 5.70. The van der Waals surface area contributed by atoms with Gasteiger partial charge in [0.2, 0.25) is 11.8 Å². The van der Waals surface area contributed by atoms with E-state index in [1.54, 1.807) is 43.3 Å². The van der Waals surface area contributed by atoms with Crippen molar-refractivity contribution in [1.82, 2.24) is 10.2 Å². The quantitative estimate of drug-likeness (QED) is 0.416. The van der Waals surface area contributed by atoms with E-state index in [2.05, 4.69) is 5.32 Å². The maximum atomic E-state index is 13.8. The topological polar surface area (TPSA) is 49.4 Å². The molecule has 31 heavy (non-hydrogen) atoms.